The van der Waals surface area contributed by atoms with Crippen molar-refractivity contribution >= 4 is 18.3 Å². The van der Waals surface area contributed by atoms with Crippen LogP contribution < -0.4 is 10.6 Å². The van der Waals surface area contributed by atoms with Crippen molar-refractivity contribution < 1.29 is 4.79 Å². The number of H-pyrrole nitrogens is 1. The summed E-state index contributed by atoms with van der Waals surface area (Å²) in [6, 6.07) is 1.81. The number of hydrogen-bond donors (Lipinski definition) is 3. The summed E-state index contributed by atoms with van der Waals surface area (Å²) in [4.78, 5) is 14.2. The number of aromatic nitrogens is 2. The van der Waals surface area contributed by atoms with Gasteiger partial charge in [-0.15, -0.1) is 12.4 Å². The van der Waals surface area contributed by atoms with Crippen LogP contribution in [0.5, 0.6) is 0 Å². The summed E-state index contributed by atoms with van der Waals surface area (Å²) in [5.41, 5.74) is 1.48. The Morgan fingerprint density at radius 2 is 2.20 bits per heavy atom. The molecule has 1 amide bonds. The number of nitrogens with zero attached hydrogens (tertiary/aromatic N) is 2. The highest BCUT2D eigenvalue weighted by Crippen LogP contribution is 2.00. The van der Waals surface area contributed by atoms with Crippen molar-refractivity contribution in [1.29, 1.82) is 0 Å². The average molecular weight is 302 g/mol. The third-order valence-corrected chi connectivity index (χ3v) is 3.39. The first kappa shape index (κ1) is 16.9. The summed E-state index contributed by atoms with van der Waals surface area (Å²) in [5.74, 6) is -0.0868. The zero-order chi connectivity index (χ0) is 13.5. The molecule has 1 aliphatic rings. The third kappa shape index (κ3) is 5.11. The minimum atomic E-state index is -0.0868. The number of carbonyl (C=O) groups excluding carboxylic acids is 1. The van der Waals surface area contributed by atoms with Crippen molar-refractivity contribution in [2.45, 2.75) is 19.8 Å². The maximum Gasteiger partial charge on any atom is 0.271 e. The second-order valence-corrected chi connectivity index (χ2v) is 4.83. The molecule has 3 N–H and O–H groups in total. The molecule has 0 aliphatic carbocycles. The molecule has 20 heavy (non-hydrogen) atoms. The lowest BCUT2D eigenvalue weighted by molar-refractivity contribution is 0.0946. The van der Waals surface area contributed by atoms with Gasteiger partial charge in [0.15, 0.2) is 0 Å². The number of hydrogen-bond acceptors (Lipinski definition) is 4. The van der Waals surface area contributed by atoms with Crippen molar-refractivity contribution in [3.8, 4) is 0 Å². The monoisotopic (exact) mass is 301 g/mol. The molecule has 1 aromatic rings. The molecule has 0 bridgehead atoms. The lowest BCUT2D eigenvalue weighted by Gasteiger charge is -2.26. The van der Waals surface area contributed by atoms with Crippen LogP contribution in [0.15, 0.2) is 6.07 Å². The molecule has 0 aromatic carbocycles. The Bertz CT molecular complexity index is 403. The fourth-order valence-electron chi connectivity index (χ4n) is 2.19. The Morgan fingerprint density at radius 1 is 1.45 bits per heavy atom. The molecule has 1 saturated heterocycles. The van der Waals surface area contributed by atoms with E-state index in [0.717, 1.165) is 51.3 Å². The Morgan fingerprint density at radius 3 is 2.85 bits per heavy atom. The minimum Gasteiger partial charge on any atom is -0.351 e. The first-order valence-electron chi connectivity index (χ1n) is 7.05. The van der Waals surface area contributed by atoms with Gasteiger partial charge >= 0.3 is 0 Å². The van der Waals surface area contributed by atoms with Gasteiger partial charge in [-0.05, 0) is 25.5 Å². The fourth-order valence-corrected chi connectivity index (χ4v) is 2.19. The van der Waals surface area contributed by atoms with Gasteiger partial charge in [0.2, 0.25) is 0 Å². The molecule has 6 nitrogen and oxygen atoms in total. The van der Waals surface area contributed by atoms with Gasteiger partial charge in [-0.3, -0.25) is 9.89 Å². The maximum atomic E-state index is 11.8. The molecule has 0 radical (unpaired) electrons. The van der Waals surface area contributed by atoms with Gasteiger partial charge in [-0.2, -0.15) is 5.10 Å². The number of rotatable bonds is 6. The lowest BCUT2D eigenvalue weighted by atomic mass is 10.3. The van der Waals surface area contributed by atoms with Gasteiger partial charge in [-0.25, -0.2) is 0 Å². The van der Waals surface area contributed by atoms with Crippen LogP contribution in [0.25, 0.3) is 0 Å². The van der Waals surface area contributed by atoms with Crippen molar-refractivity contribution in [2.75, 3.05) is 39.3 Å². The molecule has 1 aromatic heterocycles. The summed E-state index contributed by atoms with van der Waals surface area (Å²) in [7, 11) is 0. The average Bonchev–Trinajstić information content (AvgIpc) is 2.93. The van der Waals surface area contributed by atoms with Crippen molar-refractivity contribution in [3.63, 3.8) is 0 Å². The molecule has 1 fully saturated rings. The van der Waals surface area contributed by atoms with E-state index in [-0.39, 0.29) is 18.3 Å². The van der Waals surface area contributed by atoms with Gasteiger partial charge in [0, 0.05) is 38.4 Å². The Kier molecular flexibility index (Phi) is 7.58. The number of piperazine rings is 1. The van der Waals surface area contributed by atoms with Crippen molar-refractivity contribution in [1.82, 2.24) is 25.7 Å². The maximum absolute atomic E-state index is 11.8. The number of halogens is 1. The van der Waals surface area contributed by atoms with Crippen LogP contribution in [0.4, 0.5) is 0 Å². The van der Waals surface area contributed by atoms with E-state index in [1.54, 1.807) is 0 Å². The number of aryl methyl sites for hydroxylation is 1. The molecule has 0 atom stereocenters. The largest absolute Gasteiger partial charge is 0.351 e. The van der Waals surface area contributed by atoms with Gasteiger partial charge in [0.1, 0.15) is 5.69 Å². The molecule has 2 heterocycles. The fraction of sp³-hybridized carbons (Fsp3) is 0.692. The van der Waals surface area contributed by atoms with Crippen molar-refractivity contribution in [2.24, 2.45) is 0 Å². The summed E-state index contributed by atoms with van der Waals surface area (Å²) < 4.78 is 0. The number of aromatic amines is 1. The van der Waals surface area contributed by atoms with E-state index in [2.05, 4.69) is 25.7 Å². The Balaban J connectivity index is 0.00000200. The van der Waals surface area contributed by atoms with Crippen LogP contribution in [0.2, 0.25) is 0 Å². The highest BCUT2D eigenvalue weighted by molar-refractivity contribution is 5.92. The SMILES string of the molecule is CCc1cc(C(=O)NCCCN2CCNCC2)n[nH]1.Cl. The van der Waals surface area contributed by atoms with E-state index in [4.69, 9.17) is 0 Å². The van der Waals surface area contributed by atoms with Crippen LogP contribution in [0.3, 0.4) is 0 Å². The van der Waals surface area contributed by atoms with Crippen LogP contribution in [0.1, 0.15) is 29.5 Å². The number of nitrogens with one attached hydrogen (secondary N) is 3. The summed E-state index contributed by atoms with van der Waals surface area (Å²) in [5, 5.41) is 13.1. The van der Waals surface area contributed by atoms with Gasteiger partial charge in [-0.1, -0.05) is 6.92 Å². The van der Waals surface area contributed by atoms with Crippen molar-refractivity contribution in [3.05, 3.63) is 17.5 Å². The van der Waals surface area contributed by atoms with Crippen LogP contribution in [0, 0.1) is 0 Å². The van der Waals surface area contributed by atoms with Gasteiger partial charge in [0.05, 0.1) is 0 Å². The van der Waals surface area contributed by atoms with Crippen LogP contribution in [-0.4, -0.2) is 60.3 Å². The lowest BCUT2D eigenvalue weighted by Crippen LogP contribution is -2.44. The molecule has 0 spiro atoms. The minimum absolute atomic E-state index is 0. The standard InChI is InChI=1S/C13H23N5O.ClH/c1-2-11-10-12(17-16-11)13(19)15-4-3-7-18-8-5-14-6-9-18;/h10,14H,2-9H2,1H3,(H,15,19)(H,16,17);1H. The second kappa shape index (κ2) is 8.94. The third-order valence-electron chi connectivity index (χ3n) is 3.39. The molecular formula is C13H24ClN5O. The van der Waals surface area contributed by atoms with E-state index in [1.165, 1.54) is 0 Å². The van der Waals surface area contributed by atoms with Crippen LogP contribution in [-0.2, 0) is 6.42 Å². The van der Waals surface area contributed by atoms with E-state index in [0.29, 0.717) is 12.2 Å². The Hall–Kier alpha value is -1.11. The van der Waals surface area contributed by atoms with Gasteiger partial charge < -0.3 is 15.5 Å². The molecule has 1 aliphatic heterocycles. The topological polar surface area (TPSA) is 73.1 Å². The normalized spacial score (nSPS) is 15.7. The van der Waals surface area contributed by atoms with E-state index in [9.17, 15) is 4.79 Å². The molecule has 2 rings (SSSR count). The van der Waals surface area contributed by atoms with Gasteiger partial charge in [0.25, 0.3) is 5.91 Å². The molecule has 0 saturated carbocycles. The zero-order valence-electron chi connectivity index (χ0n) is 11.9. The van der Waals surface area contributed by atoms with E-state index < -0.39 is 0 Å². The van der Waals surface area contributed by atoms with E-state index in [1.807, 2.05) is 13.0 Å². The highest BCUT2D eigenvalue weighted by Gasteiger charge is 2.11. The van der Waals surface area contributed by atoms with E-state index >= 15 is 0 Å². The summed E-state index contributed by atoms with van der Waals surface area (Å²) in [6.45, 7) is 8.13. The number of carbonyl (C=O) groups is 1. The molecule has 0 unspecified atom stereocenters. The van der Waals surface area contributed by atoms with Crippen LogP contribution >= 0.6 is 12.4 Å². The molecule has 114 valence electrons. The predicted molar refractivity (Wildman–Crippen MR) is 81.5 cm³/mol. The zero-order valence-corrected chi connectivity index (χ0v) is 12.8. The predicted octanol–water partition coefficient (Wildman–Crippen LogP) is 0.419. The first-order valence-corrected chi connectivity index (χ1v) is 7.05. The Labute approximate surface area is 126 Å². The highest BCUT2D eigenvalue weighted by atomic mass is 35.5. The quantitative estimate of drug-likeness (QED) is 0.666. The molecule has 7 heteroatoms. The summed E-state index contributed by atoms with van der Waals surface area (Å²) in [6.07, 6.45) is 1.85. The number of amides is 1. The smallest absolute Gasteiger partial charge is 0.271 e. The second-order valence-electron chi connectivity index (χ2n) is 4.83. The summed E-state index contributed by atoms with van der Waals surface area (Å²) >= 11 is 0. The first-order chi connectivity index (χ1) is 9.29. The molecular weight excluding hydrogens is 278 g/mol.